The summed E-state index contributed by atoms with van der Waals surface area (Å²) in [7, 11) is -4.16. The smallest absolute Gasteiger partial charge is 0.756 e. The first kappa shape index (κ1) is 29.3. The van der Waals surface area contributed by atoms with E-state index >= 15 is 0 Å². The molecule has 0 aromatic rings. The van der Waals surface area contributed by atoms with Crippen LogP contribution < -0.4 is 34.5 Å². The molecule has 0 heterocycles. The van der Waals surface area contributed by atoms with Crippen LogP contribution in [0.3, 0.4) is 0 Å². The molecule has 26 heavy (non-hydrogen) atoms. The molecule has 0 fully saturated rings. The SMILES string of the molecule is CC(C)CCCC(C)CCCCOP(=O)([O-])OC(C)CCCC(C)C.[Na+]. The summed E-state index contributed by atoms with van der Waals surface area (Å²) in [6.45, 7) is 13.2. The van der Waals surface area contributed by atoms with E-state index in [2.05, 4.69) is 34.6 Å². The molecule has 3 unspecified atom stereocenters. The molecule has 4 nitrogen and oxygen atoms in total. The maximum absolute atomic E-state index is 11.8. The third kappa shape index (κ3) is 19.9. The van der Waals surface area contributed by atoms with E-state index in [-0.39, 0.29) is 42.3 Å². The van der Waals surface area contributed by atoms with Gasteiger partial charge in [0.25, 0.3) is 7.82 Å². The second-order valence-corrected chi connectivity index (χ2v) is 9.81. The molecule has 0 aliphatic carbocycles. The van der Waals surface area contributed by atoms with Crippen molar-refractivity contribution in [1.82, 2.24) is 0 Å². The van der Waals surface area contributed by atoms with E-state index in [9.17, 15) is 9.46 Å². The number of hydrogen-bond acceptors (Lipinski definition) is 4. The van der Waals surface area contributed by atoms with Crippen molar-refractivity contribution in [3.63, 3.8) is 0 Å². The van der Waals surface area contributed by atoms with Gasteiger partial charge in [-0.15, -0.1) is 0 Å². The van der Waals surface area contributed by atoms with Crippen LogP contribution in [0.1, 0.15) is 99.3 Å². The van der Waals surface area contributed by atoms with Gasteiger partial charge in [0.1, 0.15) is 0 Å². The number of rotatable bonds is 16. The molecule has 0 aliphatic heterocycles. The van der Waals surface area contributed by atoms with Gasteiger partial charge in [-0.1, -0.05) is 79.6 Å². The Morgan fingerprint density at radius 3 is 1.81 bits per heavy atom. The van der Waals surface area contributed by atoms with Crippen molar-refractivity contribution < 1.29 is 48.1 Å². The minimum Gasteiger partial charge on any atom is -0.756 e. The van der Waals surface area contributed by atoms with Crippen LogP contribution in [-0.4, -0.2) is 12.7 Å². The van der Waals surface area contributed by atoms with Crippen LogP contribution in [0.5, 0.6) is 0 Å². The number of phosphoric ester groups is 1. The zero-order valence-electron chi connectivity index (χ0n) is 18.5. The van der Waals surface area contributed by atoms with Crippen molar-refractivity contribution in [2.24, 2.45) is 17.8 Å². The monoisotopic (exact) mass is 400 g/mol. The topological polar surface area (TPSA) is 58.6 Å². The minimum atomic E-state index is -4.16. The number of phosphoric acid groups is 1. The number of unbranched alkanes of at least 4 members (excludes halogenated alkanes) is 1. The normalized spacial score (nSPS) is 16.3. The zero-order valence-corrected chi connectivity index (χ0v) is 21.4. The van der Waals surface area contributed by atoms with Crippen molar-refractivity contribution in [1.29, 1.82) is 0 Å². The molecule has 0 saturated heterocycles. The molecule has 0 saturated carbocycles. The van der Waals surface area contributed by atoms with E-state index in [1.54, 1.807) is 6.92 Å². The number of hydrogen-bond donors (Lipinski definition) is 0. The fourth-order valence-corrected chi connectivity index (χ4v) is 3.87. The van der Waals surface area contributed by atoms with Crippen LogP contribution in [0, 0.1) is 17.8 Å². The fraction of sp³-hybridized carbons (Fsp3) is 1.00. The Hall–Kier alpha value is 1.11. The van der Waals surface area contributed by atoms with Gasteiger partial charge in [-0.3, -0.25) is 4.57 Å². The molecule has 0 spiro atoms. The summed E-state index contributed by atoms with van der Waals surface area (Å²) in [5, 5.41) is 0. The van der Waals surface area contributed by atoms with Gasteiger partial charge in [0.15, 0.2) is 0 Å². The Bertz CT molecular complexity index is 364. The second-order valence-electron chi connectivity index (χ2n) is 8.45. The summed E-state index contributed by atoms with van der Waals surface area (Å²) in [6.07, 6.45) is 9.27. The molecule has 0 N–H and O–H groups in total. The van der Waals surface area contributed by atoms with Gasteiger partial charge in [0, 0.05) is 0 Å². The molecule has 3 atom stereocenters. The first-order valence-electron chi connectivity index (χ1n) is 10.3. The van der Waals surface area contributed by atoms with Crippen LogP contribution in [0.25, 0.3) is 0 Å². The summed E-state index contributed by atoms with van der Waals surface area (Å²) >= 11 is 0. The van der Waals surface area contributed by atoms with Gasteiger partial charge < -0.3 is 13.9 Å². The van der Waals surface area contributed by atoms with Crippen LogP contribution in [0.4, 0.5) is 0 Å². The zero-order chi connectivity index (χ0) is 19.3. The van der Waals surface area contributed by atoms with Crippen LogP contribution in [0.2, 0.25) is 0 Å². The molecule has 0 bridgehead atoms. The van der Waals surface area contributed by atoms with Gasteiger partial charge in [-0.05, 0) is 37.5 Å². The van der Waals surface area contributed by atoms with Crippen molar-refractivity contribution in [3.05, 3.63) is 0 Å². The van der Waals surface area contributed by atoms with E-state index in [4.69, 9.17) is 9.05 Å². The summed E-state index contributed by atoms with van der Waals surface area (Å²) in [5.41, 5.74) is 0. The van der Waals surface area contributed by atoms with E-state index in [1.807, 2.05) is 0 Å². The van der Waals surface area contributed by atoms with Gasteiger partial charge in [-0.2, -0.15) is 0 Å². The van der Waals surface area contributed by atoms with Crippen molar-refractivity contribution in [3.8, 4) is 0 Å². The molecule has 0 aromatic carbocycles. The Balaban J connectivity index is 0. The summed E-state index contributed by atoms with van der Waals surface area (Å²) in [4.78, 5) is 11.8. The van der Waals surface area contributed by atoms with E-state index in [1.165, 1.54) is 19.3 Å². The van der Waals surface area contributed by atoms with Crippen LogP contribution >= 0.6 is 7.82 Å². The minimum absolute atomic E-state index is 0. The van der Waals surface area contributed by atoms with Gasteiger partial charge >= 0.3 is 29.6 Å². The Kier molecular flexibility index (Phi) is 19.2. The molecule has 0 amide bonds. The quantitative estimate of drug-likeness (QED) is 0.227. The summed E-state index contributed by atoms with van der Waals surface area (Å²) in [6, 6.07) is 0. The van der Waals surface area contributed by atoms with E-state index in [0.717, 1.165) is 44.4 Å². The Labute approximate surface area is 185 Å². The maximum atomic E-state index is 11.8. The second kappa shape index (κ2) is 17.0. The molecule has 0 aliphatic rings. The average molecular weight is 401 g/mol. The van der Waals surface area contributed by atoms with Gasteiger partial charge in [0.05, 0.1) is 12.7 Å². The standard InChI is InChI=1S/C20H43O4P.Na/c1-17(2)11-9-14-19(5)13-7-8-16-23-25(21,22)24-20(6)15-10-12-18(3)4;/h17-20H,7-16H2,1-6H3,(H,21,22);/q;+1/p-1. The van der Waals surface area contributed by atoms with E-state index < -0.39 is 7.82 Å². The molecular formula is C20H42NaO4P. The van der Waals surface area contributed by atoms with Gasteiger partial charge in [0.2, 0.25) is 0 Å². The Morgan fingerprint density at radius 2 is 1.27 bits per heavy atom. The van der Waals surface area contributed by atoms with Crippen molar-refractivity contribution in [2.45, 2.75) is 105 Å². The van der Waals surface area contributed by atoms with E-state index in [0.29, 0.717) is 11.8 Å². The van der Waals surface area contributed by atoms with Crippen LogP contribution in [0.15, 0.2) is 0 Å². The predicted molar refractivity (Wildman–Crippen MR) is 104 cm³/mol. The summed E-state index contributed by atoms with van der Waals surface area (Å²) < 4.78 is 21.9. The molecule has 152 valence electrons. The molecule has 6 heteroatoms. The van der Waals surface area contributed by atoms with Crippen LogP contribution in [-0.2, 0) is 13.6 Å². The average Bonchev–Trinajstić information content (AvgIpc) is 2.45. The van der Waals surface area contributed by atoms with Crippen molar-refractivity contribution >= 4 is 7.82 Å². The molecular weight excluding hydrogens is 358 g/mol. The first-order valence-corrected chi connectivity index (χ1v) is 11.7. The van der Waals surface area contributed by atoms with Gasteiger partial charge in [-0.25, -0.2) is 0 Å². The first-order chi connectivity index (χ1) is 11.6. The molecule has 0 rings (SSSR count). The molecule has 0 radical (unpaired) electrons. The third-order valence-electron chi connectivity index (χ3n) is 4.52. The summed E-state index contributed by atoms with van der Waals surface area (Å²) in [5.74, 6) is 2.12. The third-order valence-corrected chi connectivity index (χ3v) is 5.64. The maximum Gasteiger partial charge on any atom is 1.00 e. The molecule has 0 aromatic heterocycles. The fourth-order valence-electron chi connectivity index (χ4n) is 2.91. The largest absolute Gasteiger partial charge is 1.00 e. The van der Waals surface area contributed by atoms with Crippen molar-refractivity contribution in [2.75, 3.05) is 6.61 Å². The predicted octanol–water partition coefficient (Wildman–Crippen LogP) is 3.34. The Morgan fingerprint density at radius 1 is 0.769 bits per heavy atom.